The first-order chi connectivity index (χ1) is 13.5. The lowest BCUT2D eigenvalue weighted by molar-refractivity contribution is -0.384. The second kappa shape index (κ2) is 7.11. The van der Waals surface area contributed by atoms with Crippen molar-refractivity contribution in [1.82, 2.24) is 0 Å². The summed E-state index contributed by atoms with van der Waals surface area (Å²) in [4.78, 5) is 37.0. The van der Waals surface area contributed by atoms with E-state index >= 15 is 0 Å². The number of carbonyl (C=O) groups is 2. The Labute approximate surface area is 160 Å². The van der Waals surface area contributed by atoms with Crippen molar-refractivity contribution < 1.29 is 19.2 Å². The Hall–Kier alpha value is -3.74. The Bertz CT molecular complexity index is 1090. The monoisotopic (exact) mass is 376 g/mol. The fourth-order valence-electron chi connectivity index (χ4n) is 3.31. The first kappa shape index (κ1) is 17.7. The van der Waals surface area contributed by atoms with Gasteiger partial charge in [-0.15, -0.1) is 0 Å². The normalized spacial score (nSPS) is 16.4. The molecule has 0 spiro atoms. The zero-order chi connectivity index (χ0) is 19.7. The average Bonchev–Trinajstić information content (AvgIpc) is 3.08. The van der Waals surface area contributed by atoms with Crippen LogP contribution in [0.4, 0.5) is 11.4 Å². The lowest BCUT2D eigenvalue weighted by Gasteiger charge is -2.16. The molecule has 0 radical (unpaired) electrons. The summed E-state index contributed by atoms with van der Waals surface area (Å²) in [6.45, 7) is 0.329. The molecule has 140 valence electrons. The summed E-state index contributed by atoms with van der Waals surface area (Å²) in [5.41, 5.74) is 0.700. The molecule has 0 aliphatic carbocycles. The van der Waals surface area contributed by atoms with Crippen molar-refractivity contribution in [2.45, 2.75) is 12.5 Å². The number of non-ortho nitro benzene ring substituents is 1. The number of nitro benzene ring substituents is 1. The number of nitrogens with zero attached hydrogens (tertiary/aromatic N) is 2. The van der Waals surface area contributed by atoms with Gasteiger partial charge in [-0.25, -0.2) is 4.79 Å². The maximum atomic E-state index is 12.6. The largest absolute Gasteiger partial charge is 0.449 e. The number of anilines is 1. The molecule has 3 aromatic rings. The van der Waals surface area contributed by atoms with Crippen molar-refractivity contribution in [2.24, 2.45) is 0 Å². The summed E-state index contributed by atoms with van der Waals surface area (Å²) in [6.07, 6.45) is -0.570. The first-order valence-electron chi connectivity index (χ1n) is 8.78. The van der Waals surface area contributed by atoms with Crippen LogP contribution in [0.2, 0.25) is 0 Å². The van der Waals surface area contributed by atoms with Crippen LogP contribution in [-0.2, 0) is 9.53 Å². The van der Waals surface area contributed by atoms with Crippen molar-refractivity contribution in [1.29, 1.82) is 0 Å². The third-order valence-electron chi connectivity index (χ3n) is 4.74. The molecule has 1 unspecified atom stereocenters. The summed E-state index contributed by atoms with van der Waals surface area (Å²) in [5, 5.41) is 12.9. The van der Waals surface area contributed by atoms with Gasteiger partial charge in [-0.3, -0.25) is 14.9 Å². The molecule has 1 saturated heterocycles. The first-order valence-corrected chi connectivity index (χ1v) is 8.78. The fraction of sp³-hybridized carbons (Fsp3) is 0.143. The van der Waals surface area contributed by atoms with Gasteiger partial charge in [-0.05, 0) is 29.0 Å². The number of carbonyl (C=O) groups excluding carboxylic acids is 2. The molecular formula is C21H16N2O5. The van der Waals surface area contributed by atoms with Crippen molar-refractivity contribution in [3.05, 3.63) is 82.4 Å². The van der Waals surface area contributed by atoms with Gasteiger partial charge in [0.15, 0.2) is 6.10 Å². The summed E-state index contributed by atoms with van der Waals surface area (Å²) in [6, 6.07) is 18.7. The SMILES string of the molecule is O=C(OC1CCN(c2cccc([N+](=O)[O-])c2)C1=O)c1ccc2ccccc2c1. The summed E-state index contributed by atoms with van der Waals surface area (Å²) in [5.74, 6) is -0.945. The number of hydrogen-bond donors (Lipinski definition) is 0. The zero-order valence-corrected chi connectivity index (χ0v) is 14.8. The molecular weight excluding hydrogens is 360 g/mol. The zero-order valence-electron chi connectivity index (χ0n) is 14.8. The Balaban J connectivity index is 1.49. The van der Waals surface area contributed by atoms with Crippen molar-refractivity contribution >= 4 is 34.0 Å². The second-order valence-corrected chi connectivity index (χ2v) is 6.51. The third kappa shape index (κ3) is 3.29. The molecule has 0 saturated carbocycles. The van der Waals surface area contributed by atoms with E-state index in [9.17, 15) is 19.7 Å². The Morgan fingerprint density at radius 1 is 1.04 bits per heavy atom. The molecule has 1 amide bonds. The summed E-state index contributed by atoms with van der Waals surface area (Å²) in [7, 11) is 0. The van der Waals surface area contributed by atoms with Crippen molar-refractivity contribution in [3.8, 4) is 0 Å². The van der Waals surface area contributed by atoms with Crippen LogP contribution < -0.4 is 4.90 Å². The second-order valence-electron chi connectivity index (χ2n) is 6.51. The van der Waals surface area contributed by atoms with E-state index in [1.54, 1.807) is 18.2 Å². The lowest BCUT2D eigenvalue weighted by atomic mass is 10.1. The summed E-state index contributed by atoms with van der Waals surface area (Å²) < 4.78 is 5.42. The van der Waals surface area contributed by atoms with Gasteiger partial charge >= 0.3 is 5.97 Å². The van der Waals surface area contributed by atoms with Gasteiger partial charge in [0, 0.05) is 25.1 Å². The molecule has 28 heavy (non-hydrogen) atoms. The van der Waals surface area contributed by atoms with Gasteiger partial charge in [0.25, 0.3) is 11.6 Å². The number of amides is 1. The molecule has 1 aliphatic rings. The molecule has 1 aliphatic heterocycles. The van der Waals surface area contributed by atoms with E-state index in [0.717, 1.165) is 10.8 Å². The minimum Gasteiger partial charge on any atom is -0.449 e. The predicted octanol–water partition coefficient (Wildman–Crippen LogP) is 3.71. The van der Waals surface area contributed by atoms with E-state index in [-0.39, 0.29) is 11.6 Å². The molecule has 7 heteroatoms. The van der Waals surface area contributed by atoms with Crippen LogP contribution in [0, 0.1) is 10.1 Å². The molecule has 3 aromatic carbocycles. The number of esters is 1. The van der Waals surface area contributed by atoms with Crippen LogP contribution in [0.15, 0.2) is 66.7 Å². The van der Waals surface area contributed by atoms with Crippen molar-refractivity contribution in [3.63, 3.8) is 0 Å². The molecule has 1 fully saturated rings. The number of hydrogen-bond acceptors (Lipinski definition) is 5. The summed E-state index contributed by atoms with van der Waals surface area (Å²) >= 11 is 0. The number of nitro groups is 1. The average molecular weight is 376 g/mol. The van der Waals surface area contributed by atoms with Crippen molar-refractivity contribution in [2.75, 3.05) is 11.4 Å². The number of ether oxygens (including phenoxy) is 1. The Morgan fingerprint density at radius 2 is 1.82 bits per heavy atom. The smallest absolute Gasteiger partial charge is 0.338 e. The van der Waals surface area contributed by atoms with E-state index < -0.39 is 17.0 Å². The molecule has 7 nitrogen and oxygen atoms in total. The molecule has 1 atom stereocenters. The standard InChI is InChI=1S/C21H16N2O5/c24-20-19(10-11-22(20)17-6-3-7-18(13-17)23(26)27)28-21(25)16-9-8-14-4-1-2-5-15(14)12-16/h1-9,12-13,19H,10-11H2. The van der Waals surface area contributed by atoms with Crippen LogP contribution in [0.1, 0.15) is 16.8 Å². The highest BCUT2D eigenvalue weighted by Crippen LogP contribution is 2.27. The highest BCUT2D eigenvalue weighted by atomic mass is 16.6. The van der Waals surface area contributed by atoms with Crippen LogP contribution in [0.25, 0.3) is 10.8 Å². The molecule has 0 N–H and O–H groups in total. The van der Waals surface area contributed by atoms with Gasteiger partial charge in [-0.2, -0.15) is 0 Å². The highest BCUT2D eigenvalue weighted by molar-refractivity contribution is 6.02. The number of rotatable bonds is 4. The minimum absolute atomic E-state index is 0.0955. The quantitative estimate of drug-likeness (QED) is 0.393. The maximum absolute atomic E-state index is 12.6. The predicted molar refractivity (Wildman–Crippen MR) is 103 cm³/mol. The van der Waals surface area contributed by atoms with Gasteiger partial charge in [-0.1, -0.05) is 36.4 Å². The maximum Gasteiger partial charge on any atom is 0.338 e. The molecule has 4 rings (SSSR count). The molecule has 1 heterocycles. The van der Waals surface area contributed by atoms with E-state index in [0.29, 0.717) is 24.2 Å². The van der Waals surface area contributed by atoms with E-state index in [1.807, 2.05) is 30.3 Å². The molecule has 0 bridgehead atoms. The van der Waals surface area contributed by atoms with E-state index in [1.165, 1.54) is 23.1 Å². The topological polar surface area (TPSA) is 89.8 Å². The van der Waals surface area contributed by atoms with E-state index in [4.69, 9.17) is 4.74 Å². The highest BCUT2D eigenvalue weighted by Gasteiger charge is 2.36. The van der Waals surface area contributed by atoms with E-state index in [2.05, 4.69) is 0 Å². The van der Waals surface area contributed by atoms with Crippen LogP contribution in [0.3, 0.4) is 0 Å². The van der Waals surface area contributed by atoms with Crippen LogP contribution >= 0.6 is 0 Å². The van der Waals surface area contributed by atoms with Gasteiger partial charge in [0.2, 0.25) is 0 Å². The number of benzene rings is 3. The van der Waals surface area contributed by atoms with Crippen LogP contribution in [0.5, 0.6) is 0 Å². The minimum atomic E-state index is -0.904. The third-order valence-corrected chi connectivity index (χ3v) is 4.74. The Morgan fingerprint density at radius 3 is 2.61 bits per heavy atom. The van der Waals surface area contributed by atoms with Crippen LogP contribution in [-0.4, -0.2) is 29.4 Å². The van der Waals surface area contributed by atoms with Gasteiger partial charge < -0.3 is 9.64 Å². The van der Waals surface area contributed by atoms with Gasteiger partial charge in [0.1, 0.15) is 0 Å². The Kier molecular flexibility index (Phi) is 4.49. The molecule has 0 aromatic heterocycles. The number of fused-ring (bicyclic) bond motifs is 1. The lowest BCUT2D eigenvalue weighted by Crippen LogP contribution is -2.32. The van der Waals surface area contributed by atoms with Gasteiger partial charge in [0.05, 0.1) is 16.2 Å². The fourth-order valence-corrected chi connectivity index (χ4v) is 3.31.